The van der Waals surface area contributed by atoms with Crippen LogP contribution in [0.5, 0.6) is 0 Å². The van der Waals surface area contributed by atoms with Gasteiger partial charge in [0.05, 0.1) is 11.2 Å². The van der Waals surface area contributed by atoms with Gasteiger partial charge in [0.1, 0.15) is 17.3 Å². The van der Waals surface area contributed by atoms with Crippen LogP contribution in [0, 0.1) is 6.92 Å². The van der Waals surface area contributed by atoms with Crippen LogP contribution >= 0.6 is 11.6 Å². The van der Waals surface area contributed by atoms with Crippen molar-refractivity contribution in [3.8, 4) is 0 Å². The highest BCUT2D eigenvalue weighted by Gasteiger charge is 2.39. The van der Waals surface area contributed by atoms with Gasteiger partial charge in [0.15, 0.2) is 0 Å². The lowest BCUT2D eigenvalue weighted by Gasteiger charge is -2.47. The van der Waals surface area contributed by atoms with Crippen molar-refractivity contribution in [3.05, 3.63) is 17.0 Å². The highest BCUT2D eigenvalue weighted by atomic mass is 35.5. The molecule has 0 aromatic carbocycles. The quantitative estimate of drug-likeness (QED) is 0.735. The fourth-order valence-corrected chi connectivity index (χ4v) is 2.80. The summed E-state index contributed by atoms with van der Waals surface area (Å²) in [5.41, 5.74) is 0.518. The molecule has 2 rings (SSSR count). The van der Waals surface area contributed by atoms with Crippen LogP contribution < -0.4 is 4.90 Å². The van der Waals surface area contributed by atoms with Crippen molar-refractivity contribution in [2.75, 3.05) is 18.0 Å². The van der Waals surface area contributed by atoms with Crippen LogP contribution in [0.2, 0.25) is 5.15 Å². The molecular weight excluding hydrogens is 250 g/mol. The predicted octanol–water partition coefficient (Wildman–Crippen LogP) is 2.83. The average Bonchev–Trinajstić information content (AvgIpc) is 2.17. The van der Waals surface area contributed by atoms with E-state index in [1.165, 1.54) is 6.33 Å². The van der Waals surface area contributed by atoms with Gasteiger partial charge in [0, 0.05) is 18.7 Å². The minimum absolute atomic E-state index is 0.203. The molecule has 0 atom stereocenters. The molecule has 0 amide bonds. The summed E-state index contributed by atoms with van der Waals surface area (Å²) in [6.07, 6.45) is 1.51. The molecule has 0 saturated carbocycles. The number of rotatable bonds is 1. The highest BCUT2D eigenvalue weighted by molar-refractivity contribution is 6.30. The van der Waals surface area contributed by atoms with Crippen molar-refractivity contribution in [1.82, 2.24) is 9.97 Å². The van der Waals surface area contributed by atoms with E-state index in [-0.39, 0.29) is 11.2 Å². The fraction of sp³-hybridized carbons (Fsp3) is 0.692. The van der Waals surface area contributed by atoms with Crippen LogP contribution in [0.3, 0.4) is 0 Å². The smallest absolute Gasteiger partial charge is 0.137 e. The van der Waals surface area contributed by atoms with Gasteiger partial charge in [-0.15, -0.1) is 0 Å². The van der Waals surface area contributed by atoms with Gasteiger partial charge in [-0.1, -0.05) is 11.6 Å². The first-order valence-electron chi connectivity index (χ1n) is 6.12. The van der Waals surface area contributed by atoms with Crippen molar-refractivity contribution in [2.24, 2.45) is 0 Å². The minimum atomic E-state index is -0.203. The van der Waals surface area contributed by atoms with Gasteiger partial charge in [-0.25, -0.2) is 9.97 Å². The Morgan fingerprint density at radius 3 is 2.28 bits per heavy atom. The molecule has 0 spiro atoms. The number of aromatic nitrogens is 2. The molecule has 0 bridgehead atoms. The first-order valence-corrected chi connectivity index (χ1v) is 6.50. The van der Waals surface area contributed by atoms with Crippen LogP contribution in [-0.4, -0.2) is 34.3 Å². The van der Waals surface area contributed by atoms with Gasteiger partial charge >= 0.3 is 0 Å². The first-order chi connectivity index (χ1) is 8.20. The number of hydrogen-bond donors (Lipinski definition) is 0. The number of morpholine rings is 1. The number of halogens is 1. The van der Waals surface area contributed by atoms with E-state index < -0.39 is 0 Å². The van der Waals surface area contributed by atoms with Crippen LogP contribution in [0.1, 0.15) is 33.3 Å². The standard InChI is InChI=1S/C13H20ClN3O/c1-9-10(14)15-8-16-11(9)17-6-12(2,3)18-13(4,5)7-17/h8H,6-7H2,1-5H3. The highest BCUT2D eigenvalue weighted by Crippen LogP contribution is 2.32. The van der Waals surface area contributed by atoms with Crippen molar-refractivity contribution in [1.29, 1.82) is 0 Å². The zero-order valence-corrected chi connectivity index (χ0v) is 12.4. The summed E-state index contributed by atoms with van der Waals surface area (Å²) in [6.45, 7) is 11.9. The third-order valence-corrected chi connectivity index (χ3v) is 3.37. The predicted molar refractivity (Wildman–Crippen MR) is 73.2 cm³/mol. The summed E-state index contributed by atoms with van der Waals surface area (Å²) in [6, 6.07) is 0. The monoisotopic (exact) mass is 269 g/mol. The molecule has 100 valence electrons. The second-order valence-electron chi connectivity index (χ2n) is 6.09. The van der Waals surface area contributed by atoms with E-state index in [0.717, 1.165) is 24.5 Å². The first kappa shape index (κ1) is 13.6. The van der Waals surface area contributed by atoms with Crippen molar-refractivity contribution >= 4 is 17.4 Å². The maximum absolute atomic E-state index is 6.07. The summed E-state index contributed by atoms with van der Waals surface area (Å²) in [4.78, 5) is 10.6. The summed E-state index contributed by atoms with van der Waals surface area (Å²) in [5, 5.41) is 0.516. The van der Waals surface area contributed by atoms with Gasteiger partial charge in [-0.05, 0) is 34.6 Å². The van der Waals surface area contributed by atoms with E-state index in [1.807, 2.05) is 6.92 Å². The number of nitrogens with zero attached hydrogens (tertiary/aromatic N) is 3. The molecule has 1 fully saturated rings. The molecule has 1 aromatic rings. The zero-order valence-electron chi connectivity index (χ0n) is 11.6. The summed E-state index contributed by atoms with van der Waals surface area (Å²) < 4.78 is 6.06. The van der Waals surface area contributed by atoms with Crippen LogP contribution in [-0.2, 0) is 4.74 Å². The Kier molecular flexibility index (Phi) is 3.28. The van der Waals surface area contributed by atoms with Gasteiger partial charge < -0.3 is 9.64 Å². The van der Waals surface area contributed by atoms with Crippen molar-refractivity contribution < 1.29 is 4.74 Å². The fourth-order valence-electron chi connectivity index (χ4n) is 2.68. The van der Waals surface area contributed by atoms with E-state index in [2.05, 4.69) is 42.6 Å². The molecule has 0 aliphatic carbocycles. The van der Waals surface area contributed by atoms with E-state index >= 15 is 0 Å². The Balaban J connectivity index is 2.36. The summed E-state index contributed by atoms with van der Waals surface area (Å²) in [7, 11) is 0. The molecule has 0 radical (unpaired) electrons. The second kappa shape index (κ2) is 4.35. The number of ether oxygens (including phenoxy) is 1. The van der Waals surface area contributed by atoms with Crippen molar-refractivity contribution in [3.63, 3.8) is 0 Å². The van der Waals surface area contributed by atoms with E-state index in [0.29, 0.717) is 5.15 Å². The molecule has 1 aliphatic rings. The number of anilines is 1. The Bertz CT molecular complexity index is 444. The van der Waals surface area contributed by atoms with Crippen LogP contribution in [0.4, 0.5) is 5.82 Å². The number of hydrogen-bond acceptors (Lipinski definition) is 4. The van der Waals surface area contributed by atoms with Gasteiger partial charge in [-0.2, -0.15) is 0 Å². The Morgan fingerprint density at radius 2 is 1.72 bits per heavy atom. The molecule has 1 saturated heterocycles. The van der Waals surface area contributed by atoms with E-state index in [1.54, 1.807) is 0 Å². The van der Waals surface area contributed by atoms with Crippen LogP contribution in [0.25, 0.3) is 0 Å². The molecule has 5 heteroatoms. The zero-order chi connectivity index (χ0) is 13.6. The lowest BCUT2D eigenvalue weighted by atomic mass is 9.98. The lowest BCUT2D eigenvalue weighted by molar-refractivity contribution is -0.133. The minimum Gasteiger partial charge on any atom is -0.366 e. The Morgan fingerprint density at radius 1 is 1.17 bits per heavy atom. The maximum Gasteiger partial charge on any atom is 0.137 e. The topological polar surface area (TPSA) is 38.2 Å². The average molecular weight is 270 g/mol. The lowest BCUT2D eigenvalue weighted by Crippen LogP contribution is -2.57. The summed E-state index contributed by atoms with van der Waals surface area (Å²) >= 11 is 6.07. The largest absolute Gasteiger partial charge is 0.366 e. The van der Waals surface area contributed by atoms with E-state index in [9.17, 15) is 0 Å². The molecule has 0 N–H and O–H groups in total. The molecular formula is C13H20ClN3O. The molecule has 4 nitrogen and oxygen atoms in total. The second-order valence-corrected chi connectivity index (χ2v) is 6.45. The van der Waals surface area contributed by atoms with E-state index in [4.69, 9.17) is 16.3 Å². The molecule has 18 heavy (non-hydrogen) atoms. The maximum atomic E-state index is 6.07. The normalized spacial score (nSPS) is 22.0. The van der Waals surface area contributed by atoms with Crippen LogP contribution in [0.15, 0.2) is 6.33 Å². The van der Waals surface area contributed by atoms with Gasteiger partial charge in [0.2, 0.25) is 0 Å². The van der Waals surface area contributed by atoms with Crippen molar-refractivity contribution in [2.45, 2.75) is 45.8 Å². The SMILES string of the molecule is Cc1c(Cl)ncnc1N1CC(C)(C)OC(C)(C)C1. The summed E-state index contributed by atoms with van der Waals surface area (Å²) in [5.74, 6) is 0.902. The molecule has 2 heterocycles. The molecule has 1 aliphatic heterocycles. The third-order valence-electron chi connectivity index (χ3n) is 2.99. The Hall–Kier alpha value is -0.870. The molecule has 1 aromatic heterocycles. The Labute approximate surface area is 113 Å². The van der Waals surface area contributed by atoms with Gasteiger partial charge in [-0.3, -0.25) is 0 Å². The molecule has 0 unspecified atom stereocenters. The third kappa shape index (κ3) is 2.75. The van der Waals surface area contributed by atoms with Gasteiger partial charge in [0.25, 0.3) is 0 Å².